The first kappa shape index (κ1) is 9.81. The zero-order chi connectivity index (χ0) is 10.3. The van der Waals surface area contributed by atoms with Crippen LogP contribution in [0.4, 0.5) is 5.69 Å². The number of nitrogens with one attached hydrogen (secondary N) is 1. The van der Waals surface area contributed by atoms with Crippen molar-refractivity contribution in [3.63, 3.8) is 0 Å². The zero-order valence-electron chi connectivity index (χ0n) is 7.66. The molecule has 1 N–H and O–H groups in total. The maximum atomic E-state index is 11.2. The highest BCUT2D eigenvalue weighted by molar-refractivity contribution is 6.43. The van der Waals surface area contributed by atoms with Crippen LogP contribution < -0.4 is 5.32 Å². The van der Waals surface area contributed by atoms with Gasteiger partial charge in [-0.1, -0.05) is 23.2 Å². The highest BCUT2D eigenvalue weighted by atomic mass is 35.5. The van der Waals surface area contributed by atoms with Gasteiger partial charge in [0.15, 0.2) is 0 Å². The number of hydrogen-bond acceptors (Lipinski definition) is 1. The molecule has 0 radical (unpaired) electrons. The minimum atomic E-state index is 0.0407. The average molecular weight is 230 g/mol. The van der Waals surface area contributed by atoms with Crippen LogP contribution in [-0.2, 0) is 11.2 Å². The minimum absolute atomic E-state index is 0.0407. The molecule has 0 spiro atoms. The molecule has 1 aromatic rings. The molecule has 1 aliphatic rings. The van der Waals surface area contributed by atoms with E-state index in [0.717, 1.165) is 16.8 Å². The van der Waals surface area contributed by atoms with Gasteiger partial charge in [-0.3, -0.25) is 4.79 Å². The maximum absolute atomic E-state index is 11.2. The molecule has 2 rings (SSSR count). The van der Waals surface area contributed by atoms with Gasteiger partial charge in [0.05, 0.1) is 10.0 Å². The van der Waals surface area contributed by atoms with Gasteiger partial charge in [-0.05, 0) is 30.5 Å². The molecule has 1 amide bonds. The quantitative estimate of drug-likeness (QED) is 0.728. The summed E-state index contributed by atoms with van der Waals surface area (Å²) in [5.74, 6) is 0.0407. The molecule has 0 saturated carbocycles. The highest BCUT2D eigenvalue weighted by Gasteiger charge is 2.20. The van der Waals surface area contributed by atoms with Crippen LogP contribution in [0.1, 0.15) is 17.5 Å². The van der Waals surface area contributed by atoms with Crippen LogP contribution in [-0.4, -0.2) is 5.91 Å². The molecule has 2 nitrogen and oxygen atoms in total. The summed E-state index contributed by atoms with van der Waals surface area (Å²) < 4.78 is 0. The Bertz CT molecular complexity index is 415. The predicted molar refractivity (Wildman–Crippen MR) is 58.1 cm³/mol. The van der Waals surface area contributed by atoms with Crippen LogP contribution >= 0.6 is 23.2 Å². The molecular formula is C10H9Cl2NO. The topological polar surface area (TPSA) is 29.1 Å². The molecule has 0 atom stereocenters. The number of anilines is 1. The van der Waals surface area contributed by atoms with Crippen molar-refractivity contribution in [2.75, 3.05) is 5.32 Å². The van der Waals surface area contributed by atoms with Gasteiger partial charge in [0.2, 0.25) is 5.91 Å². The number of rotatable bonds is 0. The smallest absolute Gasteiger partial charge is 0.224 e. The second-order valence-electron chi connectivity index (χ2n) is 3.39. The minimum Gasteiger partial charge on any atom is -0.326 e. The fourth-order valence-corrected chi connectivity index (χ4v) is 2.19. The van der Waals surface area contributed by atoms with E-state index in [1.54, 1.807) is 6.07 Å². The Hall–Kier alpha value is -0.730. The van der Waals surface area contributed by atoms with Crippen LogP contribution in [0.15, 0.2) is 6.07 Å². The van der Waals surface area contributed by atoms with Gasteiger partial charge in [0, 0.05) is 12.1 Å². The Labute approximate surface area is 92.2 Å². The Morgan fingerprint density at radius 1 is 1.36 bits per heavy atom. The van der Waals surface area contributed by atoms with Gasteiger partial charge in [-0.2, -0.15) is 0 Å². The molecule has 1 aliphatic heterocycles. The fraction of sp³-hybridized carbons (Fsp3) is 0.300. The van der Waals surface area contributed by atoms with E-state index in [0.29, 0.717) is 22.9 Å². The van der Waals surface area contributed by atoms with Crippen molar-refractivity contribution in [1.82, 2.24) is 0 Å². The molecule has 0 bridgehead atoms. The van der Waals surface area contributed by atoms with E-state index in [2.05, 4.69) is 5.32 Å². The number of benzene rings is 1. The summed E-state index contributed by atoms with van der Waals surface area (Å²) in [7, 11) is 0. The first-order valence-electron chi connectivity index (χ1n) is 4.37. The number of aryl methyl sites for hydroxylation is 1. The lowest BCUT2D eigenvalue weighted by atomic mass is 9.99. The van der Waals surface area contributed by atoms with E-state index >= 15 is 0 Å². The largest absolute Gasteiger partial charge is 0.326 e. The van der Waals surface area contributed by atoms with E-state index in [9.17, 15) is 4.79 Å². The van der Waals surface area contributed by atoms with Gasteiger partial charge in [0.25, 0.3) is 0 Å². The van der Waals surface area contributed by atoms with Crippen molar-refractivity contribution in [3.8, 4) is 0 Å². The Morgan fingerprint density at radius 2 is 2.07 bits per heavy atom. The number of amides is 1. The van der Waals surface area contributed by atoms with Crippen molar-refractivity contribution in [3.05, 3.63) is 27.2 Å². The first-order chi connectivity index (χ1) is 6.59. The van der Waals surface area contributed by atoms with E-state index in [-0.39, 0.29) is 5.91 Å². The summed E-state index contributed by atoms with van der Waals surface area (Å²) in [6.45, 7) is 1.91. The van der Waals surface area contributed by atoms with Crippen molar-refractivity contribution in [2.45, 2.75) is 19.8 Å². The van der Waals surface area contributed by atoms with Gasteiger partial charge >= 0.3 is 0 Å². The first-order valence-corrected chi connectivity index (χ1v) is 5.12. The maximum Gasteiger partial charge on any atom is 0.224 e. The summed E-state index contributed by atoms with van der Waals surface area (Å²) >= 11 is 12.0. The van der Waals surface area contributed by atoms with Gasteiger partial charge in [-0.15, -0.1) is 0 Å². The lowest BCUT2D eigenvalue weighted by Crippen LogP contribution is -2.20. The number of hydrogen-bond donors (Lipinski definition) is 1. The number of carbonyl (C=O) groups is 1. The molecule has 14 heavy (non-hydrogen) atoms. The third-order valence-electron chi connectivity index (χ3n) is 2.38. The molecular weight excluding hydrogens is 221 g/mol. The van der Waals surface area contributed by atoms with Crippen molar-refractivity contribution in [2.24, 2.45) is 0 Å². The zero-order valence-corrected chi connectivity index (χ0v) is 9.17. The fourth-order valence-electron chi connectivity index (χ4n) is 1.67. The van der Waals surface area contributed by atoms with Crippen molar-refractivity contribution >= 4 is 34.8 Å². The highest BCUT2D eigenvalue weighted by Crippen LogP contribution is 2.37. The van der Waals surface area contributed by atoms with Crippen LogP contribution in [0.3, 0.4) is 0 Å². The van der Waals surface area contributed by atoms with Gasteiger partial charge < -0.3 is 5.32 Å². The molecule has 74 valence electrons. The third-order valence-corrected chi connectivity index (χ3v) is 3.21. The second kappa shape index (κ2) is 3.44. The molecule has 1 aromatic carbocycles. The number of fused-ring (bicyclic) bond motifs is 1. The molecule has 1 heterocycles. The average Bonchev–Trinajstić information content (AvgIpc) is 2.14. The van der Waals surface area contributed by atoms with Gasteiger partial charge in [-0.25, -0.2) is 0 Å². The van der Waals surface area contributed by atoms with E-state index in [4.69, 9.17) is 23.2 Å². The lowest BCUT2D eigenvalue weighted by Gasteiger charge is -2.20. The van der Waals surface area contributed by atoms with Crippen LogP contribution in [0.25, 0.3) is 0 Å². The van der Waals surface area contributed by atoms with E-state index in [1.165, 1.54) is 0 Å². The van der Waals surface area contributed by atoms with Crippen LogP contribution in [0.2, 0.25) is 10.0 Å². The van der Waals surface area contributed by atoms with E-state index in [1.807, 2.05) is 6.92 Å². The van der Waals surface area contributed by atoms with E-state index < -0.39 is 0 Å². The Kier molecular flexibility index (Phi) is 2.41. The number of carbonyl (C=O) groups excluding carboxylic acids is 1. The molecule has 0 aliphatic carbocycles. The van der Waals surface area contributed by atoms with Crippen LogP contribution in [0.5, 0.6) is 0 Å². The standard InChI is InChI=1S/C10H9Cl2NO/c1-5-4-7(11)9(12)6-2-3-8(14)13-10(5)6/h4H,2-3H2,1H3,(H,13,14). The summed E-state index contributed by atoms with van der Waals surface area (Å²) in [6, 6.07) is 1.77. The molecule has 0 unspecified atom stereocenters. The summed E-state index contributed by atoms with van der Waals surface area (Å²) in [5.41, 5.74) is 2.74. The molecule has 0 saturated heterocycles. The molecule has 0 fully saturated rings. The monoisotopic (exact) mass is 229 g/mol. The number of halogens is 2. The Morgan fingerprint density at radius 3 is 2.79 bits per heavy atom. The SMILES string of the molecule is Cc1cc(Cl)c(Cl)c2c1NC(=O)CC2. The normalized spacial score (nSPS) is 14.9. The molecule has 4 heteroatoms. The third kappa shape index (κ3) is 1.49. The van der Waals surface area contributed by atoms with Gasteiger partial charge in [0.1, 0.15) is 0 Å². The summed E-state index contributed by atoms with van der Waals surface area (Å²) in [5, 5.41) is 3.93. The molecule has 0 aromatic heterocycles. The summed E-state index contributed by atoms with van der Waals surface area (Å²) in [4.78, 5) is 11.2. The van der Waals surface area contributed by atoms with Crippen LogP contribution in [0, 0.1) is 6.92 Å². The summed E-state index contributed by atoms with van der Waals surface area (Å²) in [6.07, 6.45) is 1.15. The predicted octanol–water partition coefficient (Wildman–Crippen LogP) is 3.19. The lowest BCUT2D eigenvalue weighted by molar-refractivity contribution is -0.116. The van der Waals surface area contributed by atoms with Crippen molar-refractivity contribution in [1.29, 1.82) is 0 Å². The van der Waals surface area contributed by atoms with Crippen molar-refractivity contribution < 1.29 is 4.79 Å². The second-order valence-corrected chi connectivity index (χ2v) is 4.18. The Balaban J connectivity index is 2.62.